The van der Waals surface area contributed by atoms with E-state index in [-0.39, 0.29) is 30.5 Å². The first-order valence-electron chi connectivity index (χ1n) is 16.0. The summed E-state index contributed by atoms with van der Waals surface area (Å²) in [6, 6.07) is 0. The maximum absolute atomic E-state index is 13.0. The van der Waals surface area contributed by atoms with Crippen molar-refractivity contribution < 1.29 is 39.1 Å². The average molecular weight is 619 g/mol. The minimum atomic E-state index is -1.13. The number of hydrogen-bond donors (Lipinski definition) is 3. The van der Waals surface area contributed by atoms with Crippen LogP contribution in [0.25, 0.3) is 0 Å². The van der Waals surface area contributed by atoms with Gasteiger partial charge in [-0.3, -0.25) is 4.79 Å². The van der Waals surface area contributed by atoms with Gasteiger partial charge in [-0.1, -0.05) is 51.7 Å². The maximum Gasteiger partial charge on any atom is 0.410 e. The summed E-state index contributed by atoms with van der Waals surface area (Å²) in [6.07, 6.45) is 7.22. The molecule has 0 radical (unpaired) electrons. The van der Waals surface area contributed by atoms with Crippen molar-refractivity contribution in [2.75, 3.05) is 33.2 Å². The topological polar surface area (TPSA) is 132 Å². The summed E-state index contributed by atoms with van der Waals surface area (Å²) in [7, 11) is 2.02. The molecule has 0 aromatic carbocycles. The molecule has 3 N–H and O–H groups in total. The summed E-state index contributed by atoms with van der Waals surface area (Å²) in [4.78, 5) is 29.6. The van der Waals surface area contributed by atoms with Crippen molar-refractivity contribution in [3.05, 3.63) is 48.1 Å². The fraction of sp³-hybridized carbons (Fsp3) is 0.706. The fourth-order valence-corrected chi connectivity index (χ4v) is 5.75. The van der Waals surface area contributed by atoms with Crippen LogP contribution in [0, 0.1) is 11.8 Å². The highest BCUT2D eigenvalue weighted by atomic mass is 16.6. The third kappa shape index (κ3) is 10.8. The third-order valence-corrected chi connectivity index (χ3v) is 8.96. The molecule has 9 atom stereocenters. The standard InChI is InChI=1S/C34H54N2O8/c1-8-27(38)25(5)32-29(42-32)21-34(6,41)15-9-10-23(3)31-24(4)12-14-28(22(2)11-13-26(37)20-30(39)44-31)43-33(40)36-18-16-35(7)17-19-36/h9-10,12,14-15,24-29,31-32,37-38,41H,2,8,11,13,16-21H2,1,3-7H3/b14-12+,15-9+,23-10+. The number of carbonyl (C=O) groups is 2. The molecule has 0 spiro atoms. The number of epoxide rings is 1. The second-order valence-electron chi connectivity index (χ2n) is 13.1. The van der Waals surface area contributed by atoms with Gasteiger partial charge in [-0.25, -0.2) is 4.79 Å². The Morgan fingerprint density at radius 2 is 1.95 bits per heavy atom. The van der Waals surface area contributed by atoms with Gasteiger partial charge in [0.15, 0.2) is 0 Å². The molecular weight excluding hydrogens is 564 g/mol. The zero-order chi connectivity index (χ0) is 32.6. The second kappa shape index (κ2) is 16.2. The summed E-state index contributed by atoms with van der Waals surface area (Å²) < 4.78 is 17.5. The van der Waals surface area contributed by atoms with Crippen molar-refractivity contribution in [3.8, 4) is 0 Å². The van der Waals surface area contributed by atoms with Gasteiger partial charge in [-0.15, -0.1) is 0 Å². The van der Waals surface area contributed by atoms with E-state index in [0.717, 1.165) is 18.7 Å². The number of aliphatic hydroxyl groups is 3. The molecule has 44 heavy (non-hydrogen) atoms. The molecule has 0 bridgehead atoms. The molecule has 248 valence electrons. The summed E-state index contributed by atoms with van der Waals surface area (Å²) in [5.41, 5.74) is 0.269. The Balaban J connectivity index is 1.71. The Hall–Kier alpha value is -2.50. The third-order valence-electron chi connectivity index (χ3n) is 8.96. The minimum absolute atomic E-state index is 0.00262. The summed E-state index contributed by atoms with van der Waals surface area (Å²) in [5, 5.41) is 31.6. The quantitative estimate of drug-likeness (QED) is 0.153. The van der Waals surface area contributed by atoms with Gasteiger partial charge in [0.05, 0.1) is 36.4 Å². The molecule has 2 fully saturated rings. The van der Waals surface area contributed by atoms with Crippen LogP contribution in [0.3, 0.4) is 0 Å². The van der Waals surface area contributed by atoms with Crippen LogP contribution in [0.2, 0.25) is 0 Å². The molecule has 0 aromatic heterocycles. The number of cyclic esters (lactones) is 1. The lowest BCUT2D eigenvalue weighted by atomic mass is 9.91. The number of esters is 1. The van der Waals surface area contributed by atoms with E-state index < -0.39 is 42.1 Å². The predicted molar refractivity (Wildman–Crippen MR) is 169 cm³/mol. The Kier molecular flexibility index (Phi) is 13.2. The van der Waals surface area contributed by atoms with E-state index in [1.54, 1.807) is 36.1 Å². The van der Waals surface area contributed by atoms with Crippen LogP contribution in [0.1, 0.15) is 66.7 Å². The average Bonchev–Trinajstić information content (AvgIpc) is 3.73. The largest absolute Gasteiger partial charge is 0.457 e. The smallest absolute Gasteiger partial charge is 0.410 e. The number of likely N-dealkylation sites (N-methyl/N-ethyl adjacent to an activating group) is 1. The van der Waals surface area contributed by atoms with E-state index in [1.165, 1.54) is 0 Å². The molecule has 0 saturated carbocycles. The lowest BCUT2D eigenvalue weighted by Crippen LogP contribution is -2.48. The number of piperazine rings is 1. The van der Waals surface area contributed by atoms with Gasteiger partial charge in [0, 0.05) is 44.4 Å². The molecule has 0 aromatic rings. The number of amides is 1. The van der Waals surface area contributed by atoms with E-state index in [1.807, 2.05) is 40.8 Å². The van der Waals surface area contributed by atoms with Crippen molar-refractivity contribution in [3.63, 3.8) is 0 Å². The first-order chi connectivity index (χ1) is 20.7. The molecule has 3 heterocycles. The van der Waals surface area contributed by atoms with Gasteiger partial charge < -0.3 is 39.3 Å². The van der Waals surface area contributed by atoms with Gasteiger partial charge in [0.25, 0.3) is 0 Å². The number of ether oxygens (including phenoxy) is 3. The molecule has 0 aliphatic carbocycles. The molecule has 10 heteroatoms. The summed E-state index contributed by atoms with van der Waals surface area (Å²) in [6.45, 7) is 16.2. The monoisotopic (exact) mass is 618 g/mol. The molecule has 1 amide bonds. The van der Waals surface area contributed by atoms with Crippen LogP contribution in [-0.2, 0) is 19.0 Å². The zero-order valence-electron chi connectivity index (χ0n) is 27.4. The highest BCUT2D eigenvalue weighted by Crippen LogP contribution is 2.37. The number of rotatable bonds is 9. The Morgan fingerprint density at radius 1 is 1.27 bits per heavy atom. The van der Waals surface area contributed by atoms with Crippen LogP contribution in [0.4, 0.5) is 4.79 Å². The van der Waals surface area contributed by atoms with Crippen molar-refractivity contribution in [2.45, 2.75) is 109 Å². The minimum Gasteiger partial charge on any atom is -0.457 e. The number of aliphatic hydroxyl groups excluding tert-OH is 2. The highest BCUT2D eigenvalue weighted by molar-refractivity contribution is 5.70. The first kappa shape index (κ1) is 36.0. The number of carbonyl (C=O) groups excluding carboxylic acids is 2. The number of hydrogen-bond acceptors (Lipinski definition) is 9. The molecular formula is C34H54N2O8. The van der Waals surface area contributed by atoms with Crippen LogP contribution < -0.4 is 0 Å². The molecule has 3 aliphatic rings. The van der Waals surface area contributed by atoms with Gasteiger partial charge in [0.1, 0.15) is 12.2 Å². The maximum atomic E-state index is 13.0. The predicted octanol–water partition coefficient (Wildman–Crippen LogP) is 3.76. The van der Waals surface area contributed by atoms with Crippen LogP contribution in [0.15, 0.2) is 48.1 Å². The Bertz CT molecular complexity index is 1080. The highest BCUT2D eigenvalue weighted by Gasteiger charge is 2.47. The number of nitrogens with zero attached hydrogens (tertiary/aromatic N) is 2. The molecule has 2 saturated heterocycles. The molecule has 10 nitrogen and oxygen atoms in total. The molecule has 9 unspecified atom stereocenters. The van der Waals surface area contributed by atoms with E-state index in [4.69, 9.17) is 14.2 Å². The van der Waals surface area contributed by atoms with Gasteiger partial charge in [-0.05, 0) is 57.4 Å². The fourth-order valence-electron chi connectivity index (χ4n) is 5.75. The van der Waals surface area contributed by atoms with Gasteiger partial charge in [0.2, 0.25) is 0 Å². The molecule has 3 aliphatic heterocycles. The van der Waals surface area contributed by atoms with E-state index in [2.05, 4.69) is 11.5 Å². The van der Waals surface area contributed by atoms with Crippen LogP contribution in [-0.4, -0.2) is 113 Å². The second-order valence-corrected chi connectivity index (χ2v) is 13.1. The summed E-state index contributed by atoms with van der Waals surface area (Å²) >= 11 is 0. The van der Waals surface area contributed by atoms with Crippen LogP contribution in [0.5, 0.6) is 0 Å². The Labute approximate surface area is 263 Å². The van der Waals surface area contributed by atoms with E-state index in [0.29, 0.717) is 44.3 Å². The number of allylic oxidation sites excluding steroid dienone is 2. The normalized spacial score (nSPS) is 33.0. The van der Waals surface area contributed by atoms with E-state index in [9.17, 15) is 24.9 Å². The molecule has 3 rings (SSSR count). The lowest BCUT2D eigenvalue weighted by Gasteiger charge is -2.33. The Morgan fingerprint density at radius 3 is 2.61 bits per heavy atom. The van der Waals surface area contributed by atoms with Crippen molar-refractivity contribution in [1.82, 2.24) is 9.80 Å². The van der Waals surface area contributed by atoms with E-state index >= 15 is 0 Å². The van der Waals surface area contributed by atoms with Crippen molar-refractivity contribution in [2.24, 2.45) is 11.8 Å². The van der Waals surface area contributed by atoms with Gasteiger partial charge in [-0.2, -0.15) is 0 Å². The zero-order valence-corrected chi connectivity index (χ0v) is 27.4. The van der Waals surface area contributed by atoms with Crippen molar-refractivity contribution >= 4 is 12.1 Å². The lowest BCUT2D eigenvalue weighted by molar-refractivity contribution is -0.151. The first-order valence-corrected chi connectivity index (χ1v) is 16.0. The van der Waals surface area contributed by atoms with Gasteiger partial charge >= 0.3 is 12.1 Å². The SMILES string of the molecule is C=C1CCC(O)CC(=O)OC(/C(C)=C/C=C/C(C)(O)CC2OC2C(C)C(O)CC)C(C)/C=C/C1OC(=O)N1CCN(C)CC1. The summed E-state index contributed by atoms with van der Waals surface area (Å²) in [5.74, 6) is -0.788. The van der Waals surface area contributed by atoms with Crippen molar-refractivity contribution in [1.29, 1.82) is 0 Å². The van der Waals surface area contributed by atoms with Crippen LogP contribution >= 0.6 is 0 Å².